The molecule has 0 saturated carbocycles. The predicted molar refractivity (Wildman–Crippen MR) is 109 cm³/mol. The van der Waals surface area contributed by atoms with E-state index in [2.05, 4.69) is 10.2 Å². The summed E-state index contributed by atoms with van der Waals surface area (Å²) >= 11 is 0. The third-order valence-corrected chi connectivity index (χ3v) is 4.95. The van der Waals surface area contributed by atoms with E-state index in [-0.39, 0.29) is 17.6 Å². The Labute approximate surface area is 165 Å². The molecule has 1 N–H and O–H groups in total. The molecule has 2 amide bonds. The molecule has 1 aliphatic heterocycles. The van der Waals surface area contributed by atoms with Crippen LogP contribution >= 0.6 is 0 Å². The van der Waals surface area contributed by atoms with Crippen LogP contribution in [0, 0.1) is 0 Å². The standard InChI is InChI=1S/C22H25N3O3/c1-16(26)19-7-9-21(10-8-19)24-11-13-25(14-12-24)22(28)20-5-3-18(4-6-20)15-23-17(2)27/h3-10H,11-15H2,1-2H3,(H,23,27). The molecule has 0 aromatic heterocycles. The molecule has 1 saturated heterocycles. The summed E-state index contributed by atoms with van der Waals surface area (Å²) in [7, 11) is 0. The first kappa shape index (κ1) is 19.6. The zero-order chi connectivity index (χ0) is 20.1. The Bertz CT molecular complexity index is 852. The summed E-state index contributed by atoms with van der Waals surface area (Å²) in [5.41, 5.74) is 3.40. The van der Waals surface area contributed by atoms with Crippen molar-refractivity contribution < 1.29 is 14.4 Å². The van der Waals surface area contributed by atoms with E-state index in [1.807, 2.05) is 53.4 Å². The Morgan fingerprint density at radius 2 is 1.39 bits per heavy atom. The molecular formula is C22H25N3O3. The van der Waals surface area contributed by atoms with Gasteiger partial charge in [-0.1, -0.05) is 12.1 Å². The average molecular weight is 379 g/mol. The van der Waals surface area contributed by atoms with E-state index in [9.17, 15) is 14.4 Å². The summed E-state index contributed by atoms with van der Waals surface area (Å²) < 4.78 is 0. The molecule has 6 nitrogen and oxygen atoms in total. The monoisotopic (exact) mass is 379 g/mol. The fourth-order valence-electron chi connectivity index (χ4n) is 3.25. The highest BCUT2D eigenvalue weighted by Gasteiger charge is 2.22. The van der Waals surface area contributed by atoms with Crippen LogP contribution in [0.15, 0.2) is 48.5 Å². The molecule has 146 valence electrons. The van der Waals surface area contributed by atoms with Gasteiger partial charge in [0.1, 0.15) is 0 Å². The van der Waals surface area contributed by atoms with E-state index in [1.165, 1.54) is 6.92 Å². The molecule has 0 spiro atoms. The van der Waals surface area contributed by atoms with Gasteiger partial charge >= 0.3 is 0 Å². The van der Waals surface area contributed by atoms with Crippen molar-refractivity contribution in [2.24, 2.45) is 0 Å². The number of piperazine rings is 1. The molecule has 0 radical (unpaired) electrons. The van der Waals surface area contributed by atoms with Crippen molar-refractivity contribution >= 4 is 23.3 Å². The summed E-state index contributed by atoms with van der Waals surface area (Å²) in [4.78, 5) is 39.2. The van der Waals surface area contributed by atoms with E-state index < -0.39 is 0 Å². The molecule has 0 bridgehead atoms. The molecule has 0 unspecified atom stereocenters. The Morgan fingerprint density at radius 3 is 1.93 bits per heavy atom. The smallest absolute Gasteiger partial charge is 0.253 e. The average Bonchev–Trinajstić information content (AvgIpc) is 2.72. The zero-order valence-electron chi connectivity index (χ0n) is 16.3. The van der Waals surface area contributed by atoms with Gasteiger partial charge in [0.15, 0.2) is 5.78 Å². The van der Waals surface area contributed by atoms with Crippen LogP contribution in [0.5, 0.6) is 0 Å². The maximum absolute atomic E-state index is 12.7. The van der Waals surface area contributed by atoms with Crippen molar-refractivity contribution in [2.45, 2.75) is 20.4 Å². The minimum absolute atomic E-state index is 0.0256. The largest absolute Gasteiger partial charge is 0.368 e. The molecule has 0 aliphatic carbocycles. The van der Waals surface area contributed by atoms with Crippen LogP contribution in [0.1, 0.15) is 40.1 Å². The van der Waals surface area contributed by atoms with E-state index in [0.717, 1.165) is 24.3 Å². The van der Waals surface area contributed by atoms with Gasteiger partial charge in [-0.2, -0.15) is 0 Å². The molecular weight excluding hydrogens is 354 g/mol. The van der Waals surface area contributed by atoms with Crippen molar-refractivity contribution in [3.8, 4) is 0 Å². The lowest BCUT2D eigenvalue weighted by Crippen LogP contribution is -2.48. The van der Waals surface area contributed by atoms with Gasteiger partial charge in [-0.25, -0.2) is 0 Å². The lowest BCUT2D eigenvalue weighted by Gasteiger charge is -2.36. The van der Waals surface area contributed by atoms with Gasteiger partial charge in [-0.05, 0) is 48.9 Å². The third-order valence-electron chi connectivity index (χ3n) is 4.95. The van der Waals surface area contributed by atoms with Crippen molar-refractivity contribution in [2.75, 3.05) is 31.1 Å². The second-order valence-electron chi connectivity index (χ2n) is 6.99. The summed E-state index contributed by atoms with van der Waals surface area (Å²) in [5, 5.41) is 2.75. The van der Waals surface area contributed by atoms with Crippen LogP contribution in [-0.2, 0) is 11.3 Å². The summed E-state index contributed by atoms with van der Waals surface area (Å²) in [5.74, 6) is 0.0108. The molecule has 28 heavy (non-hydrogen) atoms. The van der Waals surface area contributed by atoms with Gasteiger partial charge in [0.2, 0.25) is 5.91 Å². The first-order valence-corrected chi connectivity index (χ1v) is 9.42. The number of hydrogen-bond acceptors (Lipinski definition) is 4. The van der Waals surface area contributed by atoms with Crippen LogP contribution in [0.3, 0.4) is 0 Å². The highest BCUT2D eigenvalue weighted by atomic mass is 16.2. The van der Waals surface area contributed by atoms with E-state index >= 15 is 0 Å². The zero-order valence-corrected chi connectivity index (χ0v) is 16.3. The summed E-state index contributed by atoms with van der Waals surface area (Å²) in [6.07, 6.45) is 0. The first-order chi connectivity index (χ1) is 13.4. The van der Waals surface area contributed by atoms with Gasteiger partial charge in [0.05, 0.1) is 0 Å². The second-order valence-corrected chi connectivity index (χ2v) is 6.99. The van der Waals surface area contributed by atoms with E-state index in [0.29, 0.717) is 30.8 Å². The maximum atomic E-state index is 12.7. The quantitative estimate of drug-likeness (QED) is 0.811. The lowest BCUT2D eigenvalue weighted by atomic mass is 10.1. The highest BCUT2D eigenvalue weighted by molar-refractivity contribution is 5.95. The maximum Gasteiger partial charge on any atom is 0.253 e. The minimum atomic E-state index is -0.0750. The Hall–Kier alpha value is -3.15. The summed E-state index contributed by atoms with van der Waals surface area (Å²) in [6.45, 7) is 6.32. The number of carbonyl (C=O) groups excluding carboxylic acids is 3. The molecule has 2 aromatic rings. The molecule has 1 fully saturated rings. The fraction of sp³-hybridized carbons (Fsp3) is 0.318. The van der Waals surface area contributed by atoms with Crippen LogP contribution < -0.4 is 10.2 Å². The van der Waals surface area contributed by atoms with E-state index in [1.54, 1.807) is 6.92 Å². The predicted octanol–water partition coefficient (Wildman–Crippen LogP) is 2.49. The van der Waals surface area contributed by atoms with Crippen molar-refractivity contribution in [1.82, 2.24) is 10.2 Å². The minimum Gasteiger partial charge on any atom is -0.368 e. The highest BCUT2D eigenvalue weighted by Crippen LogP contribution is 2.19. The molecule has 1 aliphatic rings. The topological polar surface area (TPSA) is 69.7 Å². The number of rotatable bonds is 5. The number of carbonyl (C=O) groups is 3. The second kappa shape index (κ2) is 8.69. The van der Waals surface area contributed by atoms with Gasteiger partial charge in [-0.3, -0.25) is 14.4 Å². The number of hydrogen-bond donors (Lipinski definition) is 1. The fourth-order valence-corrected chi connectivity index (χ4v) is 3.25. The lowest BCUT2D eigenvalue weighted by molar-refractivity contribution is -0.119. The van der Waals surface area contributed by atoms with Crippen molar-refractivity contribution in [3.63, 3.8) is 0 Å². The van der Waals surface area contributed by atoms with Gasteiger partial charge in [-0.15, -0.1) is 0 Å². The molecule has 0 atom stereocenters. The Kier molecular flexibility index (Phi) is 6.09. The van der Waals surface area contributed by atoms with Crippen molar-refractivity contribution in [1.29, 1.82) is 0 Å². The van der Waals surface area contributed by atoms with Crippen LogP contribution in [-0.4, -0.2) is 48.7 Å². The Morgan fingerprint density at radius 1 is 0.821 bits per heavy atom. The third kappa shape index (κ3) is 4.76. The number of ketones is 1. The van der Waals surface area contributed by atoms with Crippen LogP contribution in [0.2, 0.25) is 0 Å². The SMILES string of the molecule is CC(=O)NCc1ccc(C(=O)N2CCN(c3ccc(C(C)=O)cc3)CC2)cc1. The number of benzene rings is 2. The van der Waals surface area contributed by atoms with Crippen LogP contribution in [0.25, 0.3) is 0 Å². The number of amides is 2. The molecule has 1 heterocycles. The number of Topliss-reactive ketones (excluding diaryl/α,β-unsaturated/α-hetero) is 1. The Balaban J connectivity index is 1.56. The summed E-state index contributed by atoms with van der Waals surface area (Å²) in [6, 6.07) is 15.0. The number of nitrogens with one attached hydrogen (secondary N) is 1. The molecule has 3 rings (SSSR count). The normalized spacial score (nSPS) is 13.9. The van der Waals surface area contributed by atoms with E-state index in [4.69, 9.17) is 0 Å². The molecule has 2 aromatic carbocycles. The van der Waals surface area contributed by atoms with Crippen molar-refractivity contribution in [3.05, 3.63) is 65.2 Å². The van der Waals surface area contributed by atoms with Gasteiger partial charge < -0.3 is 15.1 Å². The van der Waals surface area contributed by atoms with Gasteiger partial charge in [0.25, 0.3) is 5.91 Å². The first-order valence-electron chi connectivity index (χ1n) is 9.42. The number of anilines is 1. The van der Waals surface area contributed by atoms with Gasteiger partial charge in [0, 0.05) is 56.5 Å². The van der Waals surface area contributed by atoms with Crippen LogP contribution in [0.4, 0.5) is 5.69 Å². The molecule has 6 heteroatoms. The number of nitrogens with zero attached hydrogens (tertiary/aromatic N) is 2.